The van der Waals surface area contributed by atoms with Gasteiger partial charge >= 0.3 is 0 Å². The van der Waals surface area contributed by atoms with Gasteiger partial charge in [0.25, 0.3) is 0 Å². The van der Waals surface area contributed by atoms with E-state index in [1.807, 2.05) is 0 Å². The molecule has 1 atom stereocenters. The summed E-state index contributed by atoms with van der Waals surface area (Å²) in [6.45, 7) is 4.15. The lowest BCUT2D eigenvalue weighted by atomic mass is 9.99. The fourth-order valence-corrected chi connectivity index (χ4v) is 1.71. The van der Waals surface area contributed by atoms with Crippen molar-refractivity contribution in [3.8, 4) is 0 Å². The molecular formula is C11H23ClN2O3. The number of amides is 1. The van der Waals surface area contributed by atoms with Crippen LogP contribution in [0.15, 0.2) is 0 Å². The van der Waals surface area contributed by atoms with Gasteiger partial charge in [0.2, 0.25) is 5.91 Å². The Morgan fingerprint density at radius 2 is 2.24 bits per heavy atom. The number of nitrogens with one attached hydrogen (secondary N) is 2. The van der Waals surface area contributed by atoms with Crippen LogP contribution < -0.4 is 10.6 Å². The highest BCUT2D eigenvalue weighted by atomic mass is 35.5. The molecule has 0 radical (unpaired) electrons. The summed E-state index contributed by atoms with van der Waals surface area (Å²) < 4.78 is 10.1. The molecule has 0 saturated carbocycles. The van der Waals surface area contributed by atoms with E-state index in [1.54, 1.807) is 7.11 Å². The third-order valence-corrected chi connectivity index (χ3v) is 2.65. The van der Waals surface area contributed by atoms with Crippen LogP contribution in [-0.4, -0.2) is 52.5 Å². The number of methoxy groups -OCH3 is 1. The van der Waals surface area contributed by atoms with Crippen molar-refractivity contribution in [3.05, 3.63) is 0 Å². The van der Waals surface area contributed by atoms with E-state index in [4.69, 9.17) is 9.47 Å². The molecule has 17 heavy (non-hydrogen) atoms. The molecule has 1 aliphatic rings. The maximum atomic E-state index is 11.7. The van der Waals surface area contributed by atoms with Gasteiger partial charge in [0.15, 0.2) is 0 Å². The zero-order chi connectivity index (χ0) is 11.6. The van der Waals surface area contributed by atoms with Gasteiger partial charge in [-0.05, 0) is 19.4 Å². The van der Waals surface area contributed by atoms with Crippen molar-refractivity contribution in [1.82, 2.24) is 10.6 Å². The van der Waals surface area contributed by atoms with Crippen LogP contribution in [0.1, 0.15) is 12.8 Å². The summed E-state index contributed by atoms with van der Waals surface area (Å²) in [6.07, 6.45) is 2.08. The largest absolute Gasteiger partial charge is 0.382 e. The Bertz CT molecular complexity index is 199. The molecule has 5 nitrogen and oxygen atoms in total. The van der Waals surface area contributed by atoms with Crippen molar-refractivity contribution in [3.63, 3.8) is 0 Å². The smallest absolute Gasteiger partial charge is 0.224 e. The molecule has 1 fully saturated rings. The van der Waals surface area contributed by atoms with E-state index in [-0.39, 0.29) is 24.2 Å². The Labute approximate surface area is 109 Å². The van der Waals surface area contributed by atoms with Gasteiger partial charge < -0.3 is 20.1 Å². The molecule has 0 spiro atoms. The fourth-order valence-electron chi connectivity index (χ4n) is 1.71. The Balaban J connectivity index is 0.00000256. The molecule has 1 heterocycles. The normalized spacial score (nSPS) is 19.5. The first-order valence-electron chi connectivity index (χ1n) is 5.89. The van der Waals surface area contributed by atoms with Gasteiger partial charge in [-0.3, -0.25) is 4.79 Å². The van der Waals surface area contributed by atoms with Crippen LogP contribution in [0.25, 0.3) is 0 Å². The molecular weight excluding hydrogens is 244 g/mol. The van der Waals surface area contributed by atoms with Gasteiger partial charge in [0, 0.05) is 20.2 Å². The van der Waals surface area contributed by atoms with Crippen molar-refractivity contribution in [1.29, 1.82) is 0 Å². The molecule has 0 aliphatic carbocycles. The molecule has 1 amide bonds. The van der Waals surface area contributed by atoms with Gasteiger partial charge in [0.05, 0.1) is 25.7 Å². The lowest BCUT2D eigenvalue weighted by Crippen LogP contribution is -2.41. The van der Waals surface area contributed by atoms with Crippen molar-refractivity contribution < 1.29 is 14.3 Å². The third kappa shape index (κ3) is 7.54. The van der Waals surface area contributed by atoms with E-state index >= 15 is 0 Å². The maximum Gasteiger partial charge on any atom is 0.224 e. The number of piperidine rings is 1. The van der Waals surface area contributed by atoms with E-state index in [0.717, 1.165) is 25.9 Å². The number of ether oxygens (including phenoxy) is 2. The topological polar surface area (TPSA) is 59.6 Å². The van der Waals surface area contributed by atoms with Crippen LogP contribution in [0, 0.1) is 5.92 Å². The molecule has 102 valence electrons. The van der Waals surface area contributed by atoms with Crippen molar-refractivity contribution in [2.45, 2.75) is 12.8 Å². The average molecular weight is 267 g/mol. The molecule has 0 aromatic rings. The first kappa shape index (κ1) is 16.6. The summed E-state index contributed by atoms with van der Waals surface area (Å²) >= 11 is 0. The zero-order valence-electron chi connectivity index (χ0n) is 10.4. The highest BCUT2D eigenvalue weighted by Crippen LogP contribution is 2.09. The quantitative estimate of drug-likeness (QED) is 0.646. The Morgan fingerprint density at radius 3 is 2.88 bits per heavy atom. The molecule has 0 aromatic heterocycles. The van der Waals surface area contributed by atoms with Crippen molar-refractivity contribution in [2.24, 2.45) is 5.92 Å². The highest BCUT2D eigenvalue weighted by Gasteiger charge is 2.19. The second kappa shape index (κ2) is 10.8. The number of halogens is 1. The lowest BCUT2D eigenvalue weighted by molar-refractivity contribution is -0.125. The second-order valence-electron chi connectivity index (χ2n) is 3.94. The lowest BCUT2D eigenvalue weighted by Gasteiger charge is -2.21. The van der Waals surface area contributed by atoms with Gasteiger partial charge in [-0.2, -0.15) is 0 Å². The highest BCUT2D eigenvalue weighted by molar-refractivity contribution is 5.85. The summed E-state index contributed by atoms with van der Waals surface area (Å²) in [4.78, 5) is 11.7. The summed E-state index contributed by atoms with van der Waals surface area (Å²) in [7, 11) is 1.64. The zero-order valence-corrected chi connectivity index (χ0v) is 11.2. The minimum absolute atomic E-state index is 0. The molecule has 1 rings (SSSR count). The van der Waals surface area contributed by atoms with E-state index in [1.165, 1.54) is 0 Å². The molecule has 2 N–H and O–H groups in total. The molecule has 1 saturated heterocycles. The van der Waals surface area contributed by atoms with Crippen LogP contribution in [0.4, 0.5) is 0 Å². The Morgan fingerprint density at radius 1 is 1.41 bits per heavy atom. The number of carbonyl (C=O) groups is 1. The minimum Gasteiger partial charge on any atom is -0.382 e. The van der Waals surface area contributed by atoms with Gasteiger partial charge in [-0.25, -0.2) is 0 Å². The van der Waals surface area contributed by atoms with Gasteiger partial charge in [0.1, 0.15) is 0 Å². The Kier molecular flexibility index (Phi) is 10.5. The van der Waals surface area contributed by atoms with Crippen LogP contribution >= 0.6 is 12.4 Å². The monoisotopic (exact) mass is 266 g/mol. The summed E-state index contributed by atoms with van der Waals surface area (Å²) in [5.74, 6) is 0.273. The van der Waals surface area contributed by atoms with Crippen molar-refractivity contribution >= 4 is 18.3 Å². The maximum absolute atomic E-state index is 11.7. The van der Waals surface area contributed by atoms with Crippen LogP contribution in [-0.2, 0) is 14.3 Å². The molecule has 0 aromatic carbocycles. The first-order valence-corrected chi connectivity index (χ1v) is 5.89. The molecule has 0 bridgehead atoms. The predicted molar refractivity (Wildman–Crippen MR) is 68.5 cm³/mol. The summed E-state index contributed by atoms with van der Waals surface area (Å²) in [6, 6.07) is 0. The van der Waals surface area contributed by atoms with E-state index in [2.05, 4.69) is 10.6 Å². The van der Waals surface area contributed by atoms with E-state index in [9.17, 15) is 4.79 Å². The standard InChI is InChI=1S/C11H22N2O3.ClH/c1-15-7-8-16-6-5-13-11(14)10-3-2-4-12-9-10;/h10,12H,2-9H2,1H3,(H,13,14);1H. The molecule has 6 heteroatoms. The first-order chi connectivity index (χ1) is 7.84. The minimum atomic E-state index is 0. The summed E-state index contributed by atoms with van der Waals surface area (Å²) in [5.41, 5.74) is 0. The van der Waals surface area contributed by atoms with Crippen LogP contribution in [0.3, 0.4) is 0 Å². The number of hydrogen-bond donors (Lipinski definition) is 2. The number of carbonyl (C=O) groups excluding carboxylic acids is 1. The number of rotatable bonds is 7. The SMILES string of the molecule is COCCOCCNC(=O)C1CCCNC1.Cl. The Hall–Kier alpha value is -0.360. The van der Waals surface area contributed by atoms with Gasteiger partial charge in [-0.15, -0.1) is 12.4 Å². The fraction of sp³-hybridized carbons (Fsp3) is 0.909. The molecule has 1 unspecified atom stereocenters. The predicted octanol–water partition coefficient (Wildman–Crippen LogP) is 0.187. The van der Waals surface area contributed by atoms with E-state index < -0.39 is 0 Å². The average Bonchev–Trinajstić information content (AvgIpc) is 2.34. The van der Waals surface area contributed by atoms with Crippen LogP contribution in [0.2, 0.25) is 0 Å². The number of hydrogen-bond acceptors (Lipinski definition) is 4. The second-order valence-corrected chi connectivity index (χ2v) is 3.94. The van der Waals surface area contributed by atoms with E-state index in [0.29, 0.717) is 26.4 Å². The summed E-state index contributed by atoms with van der Waals surface area (Å²) in [5, 5.41) is 6.11. The third-order valence-electron chi connectivity index (χ3n) is 2.65. The van der Waals surface area contributed by atoms with Crippen LogP contribution in [0.5, 0.6) is 0 Å². The van der Waals surface area contributed by atoms with Gasteiger partial charge in [-0.1, -0.05) is 0 Å². The van der Waals surface area contributed by atoms with Crippen molar-refractivity contribution in [2.75, 3.05) is 46.6 Å². The molecule has 1 aliphatic heterocycles.